The van der Waals surface area contributed by atoms with E-state index in [1.165, 1.54) is 46.6 Å². The van der Waals surface area contributed by atoms with Crippen LogP contribution in [0.3, 0.4) is 0 Å². The minimum atomic E-state index is -0.525. The average Bonchev–Trinajstić information content (AvgIpc) is 3.40. The number of benzene rings is 2. The van der Waals surface area contributed by atoms with E-state index in [1.54, 1.807) is 6.20 Å². The lowest BCUT2D eigenvalue weighted by Gasteiger charge is -2.06. The van der Waals surface area contributed by atoms with Crippen molar-refractivity contribution in [3.05, 3.63) is 88.3 Å². The normalized spacial score (nSPS) is 10.6. The molecule has 1 amide bonds. The number of nitrogens with one attached hydrogen (secondary N) is 1. The Kier molecular flexibility index (Phi) is 4.65. The van der Waals surface area contributed by atoms with Gasteiger partial charge in [-0.25, -0.2) is 9.97 Å². The summed E-state index contributed by atoms with van der Waals surface area (Å²) in [6.45, 7) is 0. The van der Waals surface area contributed by atoms with Crippen LogP contribution in [0, 0.1) is 10.1 Å². The summed E-state index contributed by atoms with van der Waals surface area (Å²) >= 11 is 1.29. The molecule has 0 radical (unpaired) electrons. The number of thiazole rings is 1. The molecule has 28 heavy (non-hydrogen) atoms. The van der Waals surface area contributed by atoms with E-state index >= 15 is 0 Å². The Morgan fingerprint density at radius 2 is 2.00 bits per heavy atom. The molecule has 0 bridgehead atoms. The molecule has 0 atom stereocenters. The van der Waals surface area contributed by atoms with E-state index in [1.807, 2.05) is 35.7 Å². The van der Waals surface area contributed by atoms with Crippen LogP contribution in [0.4, 0.5) is 10.8 Å². The van der Waals surface area contributed by atoms with Crippen molar-refractivity contribution in [1.82, 2.24) is 14.5 Å². The Bertz CT molecular complexity index is 1140. The predicted molar refractivity (Wildman–Crippen MR) is 106 cm³/mol. The van der Waals surface area contributed by atoms with Gasteiger partial charge in [0.25, 0.3) is 11.6 Å². The van der Waals surface area contributed by atoms with Gasteiger partial charge in [0.05, 0.1) is 16.9 Å². The van der Waals surface area contributed by atoms with Crippen molar-refractivity contribution >= 4 is 28.1 Å². The molecule has 1 N–H and O–H groups in total. The van der Waals surface area contributed by atoms with E-state index in [-0.39, 0.29) is 11.3 Å². The molecule has 2 heterocycles. The molecule has 4 aromatic rings. The molecule has 8 nitrogen and oxygen atoms in total. The summed E-state index contributed by atoms with van der Waals surface area (Å²) in [5.41, 5.74) is 2.02. The van der Waals surface area contributed by atoms with Gasteiger partial charge in [-0.15, -0.1) is 11.3 Å². The largest absolute Gasteiger partial charge is 0.300 e. The number of nitro benzene ring substituents is 1. The highest BCUT2D eigenvalue weighted by atomic mass is 32.1. The zero-order valence-electron chi connectivity index (χ0n) is 14.4. The molecule has 0 saturated carbocycles. The summed E-state index contributed by atoms with van der Waals surface area (Å²) in [6.07, 6.45) is 4.59. The number of hydrogen-bond acceptors (Lipinski definition) is 6. The lowest BCUT2D eigenvalue weighted by Crippen LogP contribution is -2.12. The number of anilines is 1. The van der Waals surface area contributed by atoms with E-state index in [0.717, 1.165) is 11.3 Å². The molecular weight excluding hydrogens is 378 g/mol. The van der Waals surface area contributed by atoms with Gasteiger partial charge in [-0.2, -0.15) is 0 Å². The first-order valence-corrected chi connectivity index (χ1v) is 9.09. The van der Waals surface area contributed by atoms with Gasteiger partial charge < -0.3 is 4.57 Å². The quantitative estimate of drug-likeness (QED) is 0.406. The van der Waals surface area contributed by atoms with E-state index in [9.17, 15) is 14.9 Å². The van der Waals surface area contributed by atoms with Gasteiger partial charge in [-0.3, -0.25) is 20.2 Å². The van der Waals surface area contributed by atoms with Crippen LogP contribution >= 0.6 is 11.3 Å². The SMILES string of the molecule is O=C(Nc1nc(-c2ccccc2)cs1)c1ccc(-n2ccnc2)c([N+](=O)[O-])c1. The van der Waals surface area contributed by atoms with Gasteiger partial charge in [0.1, 0.15) is 5.69 Å². The Hall–Kier alpha value is -3.85. The second-order valence-corrected chi connectivity index (χ2v) is 6.65. The highest BCUT2D eigenvalue weighted by Gasteiger charge is 2.19. The van der Waals surface area contributed by atoms with Gasteiger partial charge in [0.2, 0.25) is 0 Å². The van der Waals surface area contributed by atoms with Crippen molar-refractivity contribution < 1.29 is 9.72 Å². The monoisotopic (exact) mass is 391 g/mol. The van der Waals surface area contributed by atoms with Crippen LogP contribution in [-0.4, -0.2) is 25.4 Å². The third-order valence-electron chi connectivity index (χ3n) is 4.01. The molecule has 0 unspecified atom stereocenters. The molecule has 0 spiro atoms. The first kappa shape index (κ1) is 17.6. The number of amides is 1. The van der Waals surface area contributed by atoms with Crippen molar-refractivity contribution in [2.75, 3.05) is 5.32 Å². The van der Waals surface area contributed by atoms with Crippen LogP contribution in [0.25, 0.3) is 16.9 Å². The molecule has 9 heteroatoms. The van der Waals surface area contributed by atoms with Crippen LogP contribution in [0.5, 0.6) is 0 Å². The molecule has 0 aliphatic carbocycles. The second kappa shape index (κ2) is 7.41. The zero-order valence-corrected chi connectivity index (χ0v) is 15.2. The molecule has 0 fully saturated rings. The third kappa shape index (κ3) is 3.51. The number of rotatable bonds is 5. The smallest absolute Gasteiger partial charge is 0.294 e. The fourth-order valence-electron chi connectivity index (χ4n) is 2.67. The highest BCUT2D eigenvalue weighted by molar-refractivity contribution is 7.14. The maximum atomic E-state index is 12.5. The highest BCUT2D eigenvalue weighted by Crippen LogP contribution is 2.27. The Morgan fingerprint density at radius 1 is 1.18 bits per heavy atom. The summed E-state index contributed by atoms with van der Waals surface area (Å²) in [5, 5.41) is 16.4. The predicted octanol–water partition coefficient (Wildman–Crippen LogP) is 4.16. The standard InChI is InChI=1S/C19H13N5O3S/c25-18(22-19-21-15(11-28-19)13-4-2-1-3-5-13)14-6-7-16(17(10-14)24(26)27)23-9-8-20-12-23/h1-12H,(H,21,22,25). The number of carbonyl (C=O) groups excluding carboxylic acids is 1. The summed E-state index contributed by atoms with van der Waals surface area (Å²) in [7, 11) is 0. The Balaban J connectivity index is 1.58. The summed E-state index contributed by atoms with van der Waals surface area (Å²) in [4.78, 5) is 31.8. The summed E-state index contributed by atoms with van der Waals surface area (Å²) < 4.78 is 1.52. The fourth-order valence-corrected chi connectivity index (χ4v) is 3.39. The number of hydrogen-bond donors (Lipinski definition) is 1. The van der Waals surface area contributed by atoms with E-state index < -0.39 is 10.8 Å². The number of aromatic nitrogens is 3. The third-order valence-corrected chi connectivity index (χ3v) is 4.77. The lowest BCUT2D eigenvalue weighted by atomic mass is 10.1. The van der Waals surface area contributed by atoms with Crippen molar-refractivity contribution in [1.29, 1.82) is 0 Å². The first-order chi connectivity index (χ1) is 13.6. The minimum Gasteiger partial charge on any atom is -0.300 e. The van der Waals surface area contributed by atoms with Crippen molar-refractivity contribution in [2.24, 2.45) is 0 Å². The van der Waals surface area contributed by atoms with Crippen LogP contribution in [0.1, 0.15) is 10.4 Å². The second-order valence-electron chi connectivity index (χ2n) is 5.79. The number of imidazole rings is 1. The molecule has 0 aliphatic heterocycles. The molecule has 0 aliphatic rings. The van der Waals surface area contributed by atoms with Gasteiger partial charge >= 0.3 is 0 Å². The van der Waals surface area contributed by atoms with Crippen LogP contribution in [0.2, 0.25) is 0 Å². The fraction of sp³-hybridized carbons (Fsp3) is 0. The number of carbonyl (C=O) groups is 1. The van der Waals surface area contributed by atoms with E-state index in [2.05, 4.69) is 15.3 Å². The Labute approximate surface area is 163 Å². The van der Waals surface area contributed by atoms with Gasteiger partial charge in [0.15, 0.2) is 5.13 Å². The average molecular weight is 391 g/mol. The zero-order chi connectivity index (χ0) is 19.5. The first-order valence-electron chi connectivity index (χ1n) is 8.21. The molecule has 0 saturated heterocycles. The maximum absolute atomic E-state index is 12.5. The molecule has 2 aromatic heterocycles. The molecule has 2 aromatic carbocycles. The number of nitro groups is 1. The van der Waals surface area contributed by atoms with Crippen LogP contribution in [-0.2, 0) is 0 Å². The molecule has 138 valence electrons. The van der Waals surface area contributed by atoms with Gasteiger partial charge in [0, 0.05) is 35.0 Å². The van der Waals surface area contributed by atoms with E-state index in [0.29, 0.717) is 10.8 Å². The minimum absolute atomic E-state index is 0.173. The van der Waals surface area contributed by atoms with E-state index in [4.69, 9.17) is 0 Å². The number of nitrogens with zero attached hydrogens (tertiary/aromatic N) is 4. The lowest BCUT2D eigenvalue weighted by molar-refractivity contribution is -0.384. The Morgan fingerprint density at radius 3 is 2.71 bits per heavy atom. The molecular formula is C19H13N5O3S. The summed E-state index contributed by atoms with van der Waals surface area (Å²) in [6, 6.07) is 13.9. The maximum Gasteiger partial charge on any atom is 0.294 e. The van der Waals surface area contributed by atoms with Crippen LogP contribution < -0.4 is 5.32 Å². The van der Waals surface area contributed by atoms with Gasteiger partial charge in [-0.05, 0) is 12.1 Å². The topological polar surface area (TPSA) is 103 Å². The molecule has 4 rings (SSSR count). The van der Waals surface area contributed by atoms with Crippen LogP contribution in [0.15, 0.2) is 72.6 Å². The van der Waals surface area contributed by atoms with Crippen molar-refractivity contribution in [2.45, 2.75) is 0 Å². The van der Waals surface area contributed by atoms with Gasteiger partial charge in [-0.1, -0.05) is 30.3 Å². The summed E-state index contributed by atoms with van der Waals surface area (Å²) in [5.74, 6) is -0.464. The van der Waals surface area contributed by atoms with Crippen molar-refractivity contribution in [3.63, 3.8) is 0 Å². The van der Waals surface area contributed by atoms with Crippen molar-refractivity contribution in [3.8, 4) is 16.9 Å².